The fourth-order valence-corrected chi connectivity index (χ4v) is 3.45. The van der Waals surface area contributed by atoms with Crippen LogP contribution in [0, 0.1) is 6.92 Å². The molecule has 2 aromatic rings. The summed E-state index contributed by atoms with van der Waals surface area (Å²) in [6.45, 7) is -0.772. The molecule has 3 rings (SSSR count). The average molecular weight is 381 g/mol. The molecule has 0 radical (unpaired) electrons. The molecule has 1 N–H and O–H groups in total. The summed E-state index contributed by atoms with van der Waals surface area (Å²) in [6.07, 6.45) is 2.39. The number of carbonyl (C=O) groups is 2. The van der Waals surface area contributed by atoms with Crippen LogP contribution in [0.2, 0.25) is 0 Å². The van der Waals surface area contributed by atoms with Crippen LogP contribution in [0.3, 0.4) is 0 Å². The lowest BCUT2D eigenvalue weighted by Gasteiger charge is -2.23. The largest absolute Gasteiger partial charge is 0.435 e. The number of aryl methyl sites for hydroxylation is 1. The maximum absolute atomic E-state index is 12.5. The number of nitrogens with one attached hydrogen (secondary N) is 1. The monoisotopic (exact) mass is 381 g/mol. The molecule has 6 nitrogen and oxygen atoms in total. The molecule has 0 aliphatic carbocycles. The Balaban J connectivity index is 1.66. The Morgan fingerprint density at radius 2 is 2.15 bits per heavy atom. The predicted octanol–water partition coefficient (Wildman–Crippen LogP) is 3.18. The van der Waals surface area contributed by atoms with E-state index in [1.807, 2.05) is 6.92 Å². The number of thiazole rings is 1. The summed E-state index contributed by atoms with van der Waals surface area (Å²) in [6, 6.07) is 5.44. The Bertz CT molecular complexity index is 795. The summed E-state index contributed by atoms with van der Waals surface area (Å²) >= 11 is 1.37. The van der Waals surface area contributed by atoms with Crippen molar-refractivity contribution >= 4 is 28.3 Å². The van der Waals surface area contributed by atoms with Gasteiger partial charge >= 0.3 is 6.61 Å². The van der Waals surface area contributed by atoms with E-state index in [1.165, 1.54) is 28.4 Å². The number of amides is 2. The van der Waals surface area contributed by atoms with Gasteiger partial charge in [0.1, 0.15) is 11.8 Å². The molecule has 1 fully saturated rings. The zero-order valence-electron chi connectivity index (χ0n) is 13.9. The fraction of sp³-hybridized carbons (Fsp3) is 0.353. The van der Waals surface area contributed by atoms with Crippen molar-refractivity contribution in [3.8, 4) is 5.75 Å². The third kappa shape index (κ3) is 4.34. The van der Waals surface area contributed by atoms with Crippen molar-refractivity contribution in [3.05, 3.63) is 40.9 Å². The maximum Gasteiger partial charge on any atom is 0.387 e. The first kappa shape index (κ1) is 18.2. The molecular formula is C17H17F2N3O3S. The molecule has 1 aromatic carbocycles. The van der Waals surface area contributed by atoms with E-state index in [4.69, 9.17) is 0 Å². The highest BCUT2D eigenvalue weighted by Gasteiger charge is 2.36. The molecule has 0 unspecified atom stereocenters. The van der Waals surface area contributed by atoms with Crippen LogP contribution in [0.15, 0.2) is 30.5 Å². The van der Waals surface area contributed by atoms with E-state index in [9.17, 15) is 18.4 Å². The van der Waals surface area contributed by atoms with Crippen molar-refractivity contribution in [3.63, 3.8) is 0 Å². The summed E-state index contributed by atoms with van der Waals surface area (Å²) < 4.78 is 28.7. The molecule has 9 heteroatoms. The van der Waals surface area contributed by atoms with E-state index >= 15 is 0 Å². The lowest BCUT2D eigenvalue weighted by Crippen LogP contribution is -2.41. The van der Waals surface area contributed by atoms with Gasteiger partial charge < -0.3 is 15.0 Å². The summed E-state index contributed by atoms with van der Waals surface area (Å²) in [7, 11) is 0. The maximum atomic E-state index is 12.5. The molecule has 1 saturated heterocycles. The average Bonchev–Trinajstić information content (AvgIpc) is 3.15. The molecule has 138 valence electrons. The highest BCUT2D eigenvalue weighted by molar-refractivity contribution is 7.15. The van der Waals surface area contributed by atoms with Gasteiger partial charge in [0.25, 0.3) is 0 Å². The second-order valence-electron chi connectivity index (χ2n) is 5.86. The number of nitrogens with zero attached hydrogens (tertiary/aromatic N) is 2. The highest BCUT2D eigenvalue weighted by Crippen LogP contribution is 2.25. The minimum Gasteiger partial charge on any atom is -0.435 e. The molecule has 1 atom stereocenters. The third-order valence-electron chi connectivity index (χ3n) is 3.98. The van der Waals surface area contributed by atoms with E-state index in [2.05, 4.69) is 15.0 Å². The SMILES string of the molecule is Cc1cnc(NC(=O)[C@@H]2CCC(=O)N2Cc2ccc(OC(F)F)cc2)s1. The van der Waals surface area contributed by atoms with E-state index < -0.39 is 12.7 Å². The standard InChI is InChI=1S/C17H17F2N3O3S/c1-10-8-20-17(26-10)21-15(24)13-6-7-14(23)22(13)9-11-2-4-12(5-3-11)25-16(18)19/h2-5,8,13,16H,6-7,9H2,1H3,(H,20,21,24)/t13-/m0/s1. The number of hydrogen-bond donors (Lipinski definition) is 1. The lowest BCUT2D eigenvalue weighted by molar-refractivity contribution is -0.133. The van der Waals surface area contributed by atoms with Crippen molar-refractivity contribution < 1.29 is 23.1 Å². The normalized spacial score (nSPS) is 17.0. The van der Waals surface area contributed by atoms with Crippen LogP contribution in [-0.2, 0) is 16.1 Å². The van der Waals surface area contributed by atoms with Gasteiger partial charge in [-0.3, -0.25) is 9.59 Å². The molecule has 0 spiro atoms. The number of carbonyl (C=O) groups excluding carboxylic acids is 2. The van der Waals surface area contributed by atoms with Crippen LogP contribution >= 0.6 is 11.3 Å². The number of halogens is 2. The Kier molecular flexibility index (Phi) is 5.46. The Hall–Kier alpha value is -2.55. The van der Waals surface area contributed by atoms with Crippen LogP contribution in [0.4, 0.5) is 13.9 Å². The first-order chi connectivity index (χ1) is 12.4. The van der Waals surface area contributed by atoms with E-state index in [1.54, 1.807) is 18.3 Å². The summed E-state index contributed by atoms with van der Waals surface area (Å²) in [5.41, 5.74) is 0.727. The number of likely N-dealkylation sites (tertiary alicyclic amines) is 1. The zero-order valence-corrected chi connectivity index (χ0v) is 14.8. The van der Waals surface area contributed by atoms with Crippen LogP contribution in [-0.4, -0.2) is 34.4 Å². The first-order valence-corrected chi connectivity index (χ1v) is 8.80. The Morgan fingerprint density at radius 1 is 1.42 bits per heavy atom. The molecule has 0 saturated carbocycles. The number of alkyl halides is 2. The molecule has 26 heavy (non-hydrogen) atoms. The number of rotatable bonds is 6. The van der Waals surface area contributed by atoms with Crippen molar-refractivity contribution in [2.24, 2.45) is 0 Å². The Morgan fingerprint density at radius 3 is 2.77 bits per heavy atom. The molecule has 2 heterocycles. The summed E-state index contributed by atoms with van der Waals surface area (Å²) in [5, 5.41) is 3.24. The molecule has 1 aromatic heterocycles. The van der Waals surface area contributed by atoms with E-state index in [0.29, 0.717) is 18.0 Å². The molecule has 2 amide bonds. The molecular weight excluding hydrogens is 364 g/mol. The Labute approximate surface area is 152 Å². The van der Waals surface area contributed by atoms with Gasteiger partial charge in [0.15, 0.2) is 5.13 Å². The second-order valence-corrected chi connectivity index (χ2v) is 7.10. The fourth-order valence-electron chi connectivity index (χ4n) is 2.78. The van der Waals surface area contributed by atoms with Crippen molar-refractivity contribution in [2.75, 3.05) is 5.32 Å². The van der Waals surface area contributed by atoms with E-state index in [0.717, 1.165) is 10.4 Å². The number of aromatic nitrogens is 1. The molecule has 1 aliphatic rings. The zero-order chi connectivity index (χ0) is 18.7. The van der Waals surface area contributed by atoms with Crippen LogP contribution in [0.25, 0.3) is 0 Å². The predicted molar refractivity (Wildman–Crippen MR) is 92.1 cm³/mol. The number of ether oxygens (including phenoxy) is 1. The van der Waals surface area contributed by atoms with Gasteiger partial charge in [-0.25, -0.2) is 4.98 Å². The van der Waals surface area contributed by atoms with Gasteiger partial charge in [-0.2, -0.15) is 8.78 Å². The minimum absolute atomic E-state index is 0.0462. The van der Waals surface area contributed by atoms with Gasteiger partial charge in [-0.15, -0.1) is 11.3 Å². The highest BCUT2D eigenvalue weighted by atomic mass is 32.1. The second kappa shape index (κ2) is 7.77. The van der Waals surface area contributed by atoms with Crippen molar-refractivity contribution in [2.45, 2.75) is 39.0 Å². The number of hydrogen-bond acceptors (Lipinski definition) is 5. The summed E-state index contributed by atoms with van der Waals surface area (Å²) in [4.78, 5) is 31.2. The van der Waals surface area contributed by atoms with Crippen LogP contribution < -0.4 is 10.1 Å². The number of benzene rings is 1. The van der Waals surface area contributed by atoms with Gasteiger partial charge in [-0.05, 0) is 31.0 Å². The number of anilines is 1. The lowest BCUT2D eigenvalue weighted by atomic mass is 10.1. The van der Waals surface area contributed by atoms with Crippen LogP contribution in [0.5, 0.6) is 5.75 Å². The smallest absolute Gasteiger partial charge is 0.387 e. The first-order valence-electron chi connectivity index (χ1n) is 7.99. The van der Waals surface area contributed by atoms with Gasteiger partial charge in [0.05, 0.1) is 0 Å². The van der Waals surface area contributed by atoms with Crippen molar-refractivity contribution in [1.29, 1.82) is 0 Å². The van der Waals surface area contributed by atoms with Gasteiger partial charge in [0.2, 0.25) is 11.8 Å². The quantitative estimate of drug-likeness (QED) is 0.834. The van der Waals surface area contributed by atoms with Crippen LogP contribution in [0.1, 0.15) is 23.3 Å². The molecule has 0 bridgehead atoms. The van der Waals surface area contributed by atoms with Gasteiger partial charge in [0, 0.05) is 24.0 Å². The third-order valence-corrected chi connectivity index (χ3v) is 4.81. The summed E-state index contributed by atoms with van der Waals surface area (Å²) in [5.74, 6) is -0.346. The topological polar surface area (TPSA) is 71.5 Å². The van der Waals surface area contributed by atoms with Crippen molar-refractivity contribution in [1.82, 2.24) is 9.88 Å². The van der Waals surface area contributed by atoms with E-state index in [-0.39, 0.29) is 24.1 Å². The molecule has 1 aliphatic heterocycles. The minimum atomic E-state index is -2.89. The van der Waals surface area contributed by atoms with Gasteiger partial charge in [-0.1, -0.05) is 12.1 Å².